The lowest BCUT2D eigenvalue weighted by atomic mass is 10.3. The first-order valence-corrected chi connectivity index (χ1v) is 5.96. The average Bonchev–Trinajstić information content (AvgIpc) is 2.59. The molecule has 0 unspecified atom stereocenters. The summed E-state index contributed by atoms with van der Waals surface area (Å²) in [6.45, 7) is 0. The smallest absolute Gasteiger partial charge is 0.258 e. The molecule has 0 saturated heterocycles. The van der Waals surface area contributed by atoms with E-state index in [9.17, 15) is 10.1 Å². The van der Waals surface area contributed by atoms with Crippen LogP contribution < -0.4 is 0 Å². The molecule has 0 bridgehead atoms. The molecule has 1 aromatic carbocycles. The molecule has 5 nitrogen and oxygen atoms in total. The summed E-state index contributed by atoms with van der Waals surface area (Å²) >= 11 is 23.6. The fraction of sp³-hybridized carbons (Fsp3) is 0. The molecule has 0 atom stereocenters. The Bertz CT molecular complexity index is 618. The molecule has 18 heavy (non-hydrogen) atoms. The maximum atomic E-state index is 10.7. The van der Waals surface area contributed by atoms with Gasteiger partial charge in [-0.15, -0.1) is 0 Å². The molecular weight excluding hydrogens is 324 g/mol. The first kappa shape index (κ1) is 13.4. The van der Waals surface area contributed by atoms with Crippen LogP contribution in [0.4, 0.5) is 5.69 Å². The summed E-state index contributed by atoms with van der Waals surface area (Å²) in [7, 11) is 0. The highest BCUT2D eigenvalue weighted by Crippen LogP contribution is 2.35. The van der Waals surface area contributed by atoms with E-state index in [-0.39, 0.29) is 26.6 Å². The maximum Gasteiger partial charge on any atom is 0.326 e. The Morgan fingerprint density at radius 3 is 2.17 bits per heavy atom. The molecule has 1 aromatic heterocycles. The van der Waals surface area contributed by atoms with Crippen LogP contribution in [0, 0.1) is 10.1 Å². The third-order valence-electron chi connectivity index (χ3n) is 2.08. The van der Waals surface area contributed by atoms with Gasteiger partial charge in [0.1, 0.15) is 11.9 Å². The van der Waals surface area contributed by atoms with Crippen molar-refractivity contribution in [3.05, 3.63) is 48.7 Å². The third-order valence-corrected chi connectivity index (χ3v) is 3.23. The Morgan fingerprint density at radius 1 is 1.17 bits per heavy atom. The molecule has 2 aromatic rings. The first-order chi connectivity index (χ1) is 8.41. The largest absolute Gasteiger partial charge is 0.326 e. The molecular formula is C9H3Cl4N3O2. The zero-order valence-electron chi connectivity index (χ0n) is 8.40. The molecule has 2 rings (SSSR count). The second-order valence-corrected chi connectivity index (χ2v) is 4.82. The van der Waals surface area contributed by atoms with Crippen LogP contribution in [0.3, 0.4) is 0 Å². The van der Waals surface area contributed by atoms with Crippen molar-refractivity contribution in [3.8, 4) is 5.69 Å². The molecule has 0 amide bonds. The van der Waals surface area contributed by atoms with Gasteiger partial charge in [0.05, 0.1) is 15.0 Å². The van der Waals surface area contributed by atoms with Crippen LogP contribution in [-0.2, 0) is 0 Å². The number of benzene rings is 1. The molecule has 0 aliphatic rings. The minimum atomic E-state index is -0.649. The van der Waals surface area contributed by atoms with Gasteiger partial charge in [-0.25, -0.2) is 4.68 Å². The number of nitrogens with zero attached hydrogens (tertiary/aromatic N) is 3. The summed E-state index contributed by atoms with van der Waals surface area (Å²) in [6.07, 6.45) is 1.02. The van der Waals surface area contributed by atoms with E-state index >= 15 is 0 Å². The van der Waals surface area contributed by atoms with E-state index in [1.165, 1.54) is 12.1 Å². The SMILES string of the molecule is O=[N+]([O-])c1cnn(-c2c(Cl)cc(Cl)cc2Cl)c1Cl. The lowest BCUT2D eigenvalue weighted by molar-refractivity contribution is -0.384. The minimum absolute atomic E-state index is 0.187. The van der Waals surface area contributed by atoms with E-state index < -0.39 is 4.92 Å². The van der Waals surface area contributed by atoms with Crippen LogP contribution in [-0.4, -0.2) is 14.7 Å². The molecule has 0 aliphatic carbocycles. The van der Waals surface area contributed by atoms with Crippen molar-refractivity contribution in [2.75, 3.05) is 0 Å². The van der Waals surface area contributed by atoms with Crippen molar-refractivity contribution < 1.29 is 4.92 Å². The van der Waals surface area contributed by atoms with Crippen molar-refractivity contribution in [2.24, 2.45) is 0 Å². The van der Waals surface area contributed by atoms with E-state index in [0.717, 1.165) is 10.9 Å². The van der Waals surface area contributed by atoms with Crippen LogP contribution in [0.25, 0.3) is 5.69 Å². The third kappa shape index (κ3) is 2.27. The van der Waals surface area contributed by atoms with E-state index in [0.29, 0.717) is 5.02 Å². The van der Waals surface area contributed by atoms with Crippen LogP contribution in [0.5, 0.6) is 0 Å². The van der Waals surface area contributed by atoms with Crippen molar-refractivity contribution >= 4 is 52.1 Å². The molecule has 0 fully saturated rings. The molecule has 0 aliphatic heterocycles. The molecule has 94 valence electrons. The van der Waals surface area contributed by atoms with Gasteiger partial charge in [0.25, 0.3) is 0 Å². The maximum absolute atomic E-state index is 10.7. The normalized spacial score (nSPS) is 10.7. The van der Waals surface area contributed by atoms with Gasteiger partial charge in [-0.1, -0.05) is 46.4 Å². The fourth-order valence-electron chi connectivity index (χ4n) is 1.34. The van der Waals surface area contributed by atoms with Gasteiger partial charge < -0.3 is 0 Å². The van der Waals surface area contributed by atoms with Crippen molar-refractivity contribution in [1.82, 2.24) is 9.78 Å². The highest BCUT2D eigenvalue weighted by atomic mass is 35.5. The van der Waals surface area contributed by atoms with E-state index in [2.05, 4.69) is 5.10 Å². The molecule has 0 saturated carbocycles. The zero-order chi connectivity index (χ0) is 13.4. The Morgan fingerprint density at radius 2 is 1.72 bits per heavy atom. The van der Waals surface area contributed by atoms with Gasteiger partial charge in [0.15, 0.2) is 0 Å². The van der Waals surface area contributed by atoms with Crippen LogP contribution >= 0.6 is 46.4 Å². The number of aromatic nitrogens is 2. The molecule has 0 N–H and O–H groups in total. The lowest BCUT2D eigenvalue weighted by Gasteiger charge is -2.08. The summed E-state index contributed by atoms with van der Waals surface area (Å²) in [4.78, 5) is 10.0. The predicted molar refractivity (Wildman–Crippen MR) is 70.3 cm³/mol. The van der Waals surface area contributed by atoms with E-state index in [1.54, 1.807) is 0 Å². The van der Waals surface area contributed by atoms with Gasteiger partial charge >= 0.3 is 5.69 Å². The van der Waals surface area contributed by atoms with Gasteiger partial charge in [0, 0.05) is 5.02 Å². The summed E-state index contributed by atoms with van der Waals surface area (Å²) in [5.41, 5.74) is -0.0976. The minimum Gasteiger partial charge on any atom is -0.258 e. The van der Waals surface area contributed by atoms with Gasteiger partial charge in [-0.3, -0.25) is 10.1 Å². The number of halogens is 4. The second-order valence-electron chi connectivity index (χ2n) is 3.21. The quantitative estimate of drug-likeness (QED) is 0.607. The molecule has 0 radical (unpaired) electrons. The first-order valence-electron chi connectivity index (χ1n) is 4.44. The van der Waals surface area contributed by atoms with Crippen molar-refractivity contribution in [1.29, 1.82) is 0 Å². The Hall–Kier alpha value is -1.01. The topological polar surface area (TPSA) is 61.0 Å². The standard InChI is InChI=1S/C9H3Cl4N3O2/c10-4-1-5(11)8(6(12)2-4)15-9(13)7(3-14-15)16(17)18/h1-3H. The number of nitro groups is 1. The van der Waals surface area contributed by atoms with E-state index in [1.807, 2.05) is 0 Å². The molecule has 1 heterocycles. The van der Waals surface area contributed by atoms with Gasteiger partial charge in [0.2, 0.25) is 5.15 Å². The molecule has 9 heteroatoms. The predicted octanol–water partition coefficient (Wildman–Crippen LogP) is 4.39. The van der Waals surface area contributed by atoms with Gasteiger partial charge in [-0.05, 0) is 12.1 Å². The summed E-state index contributed by atoms with van der Waals surface area (Å²) in [5, 5.41) is 15.0. The van der Waals surface area contributed by atoms with Crippen molar-refractivity contribution in [3.63, 3.8) is 0 Å². The lowest BCUT2D eigenvalue weighted by Crippen LogP contribution is -1.99. The summed E-state index contributed by atoms with van der Waals surface area (Å²) < 4.78 is 1.08. The average molecular weight is 327 g/mol. The summed E-state index contributed by atoms with van der Waals surface area (Å²) in [5.74, 6) is 0. The highest BCUT2D eigenvalue weighted by Gasteiger charge is 2.22. The van der Waals surface area contributed by atoms with E-state index in [4.69, 9.17) is 46.4 Å². The summed E-state index contributed by atoms with van der Waals surface area (Å²) in [6, 6.07) is 2.88. The van der Waals surface area contributed by atoms with Gasteiger partial charge in [-0.2, -0.15) is 5.10 Å². The van der Waals surface area contributed by atoms with Crippen molar-refractivity contribution in [2.45, 2.75) is 0 Å². The number of hydrogen-bond acceptors (Lipinski definition) is 3. The molecule has 0 spiro atoms. The zero-order valence-corrected chi connectivity index (χ0v) is 11.4. The Labute approximate surface area is 121 Å². The number of hydrogen-bond donors (Lipinski definition) is 0. The fourth-order valence-corrected chi connectivity index (χ4v) is 2.56. The number of rotatable bonds is 2. The van der Waals surface area contributed by atoms with Crippen LogP contribution in [0.15, 0.2) is 18.3 Å². The van der Waals surface area contributed by atoms with Crippen LogP contribution in [0.1, 0.15) is 0 Å². The Kier molecular flexibility index (Phi) is 3.68. The Balaban J connectivity index is 2.67. The van der Waals surface area contributed by atoms with Crippen LogP contribution in [0.2, 0.25) is 20.2 Å². The monoisotopic (exact) mass is 325 g/mol. The highest BCUT2D eigenvalue weighted by molar-refractivity contribution is 6.41. The second kappa shape index (κ2) is 4.93.